The van der Waals surface area contributed by atoms with Gasteiger partial charge in [0.1, 0.15) is 5.69 Å². The van der Waals surface area contributed by atoms with E-state index in [2.05, 4.69) is 15.0 Å². The highest BCUT2D eigenvalue weighted by Gasteiger charge is 2.28. The molecule has 1 fully saturated rings. The Balaban J connectivity index is 1.70. The van der Waals surface area contributed by atoms with Gasteiger partial charge in [0.2, 0.25) is 5.88 Å². The first-order chi connectivity index (χ1) is 14.6. The number of likely N-dealkylation sites (N-methyl/N-ethyl adjacent to an activating group) is 1. The molecule has 0 N–H and O–H groups in total. The number of thiophene rings is 1. The molecule has 0 aliphatic carbocycles. The minimum Gasteiger partial charge on any atom is -0.340 e. The Hall–Kier alpha value is -2.64. The molecule has 0 atom stereocenters. The summed E-state index contributed by atoms with van der Waals surface area (Å²) < 4.78 is 5.86. The van der Waals surface area contributed by atoms with Gasteiger partial charge in [-0.25, -0.2) is 0 Å². The van der Waals surface area contributed by atoms with E-state index >= 15 is 0 Å². The van der Waals surface area contributed by atoms with Crippen LogP contribution in [-0.4, -0.2) is 61.1 Å². The number of rotatable bonds is 8. The zero-order chi connectivity index (χ0) is 20.9. The molecule has 1 aromatic carbocycles. The van der Waals surface area contributed by atoms with Gasteiger partial charge in [-0.15, -0.1) is 11.3 Å². The first-order valence-electron chi connectivity index (χ1n) is 10.4. The molecular weight excluding hydrogens is 396 g/mol. The smallest absolute Gasteiger partial charge is 0.264 e. The zero-order valence-electron chi connectivity index (χ0n) is 17.6. The molecule has 3 aromatic rings. The second kappa shape index (κ2) is 9.45. The molecule has 158 valence electrons. The van der Waals surface area contributed by atoms with Gasteiger partial charge in [0.25, 0.3) is 5.91 Å². The van der Waals surface area contributed by atoms with Gasteiger partial charge >= 0.3 is 0 Å². The molecule has 0 radical (unpaired) electrons. The van der Waals surface area contributed by atoms with Crippen molar-refractivity contribution in [1.29, 1.82) is 0 Å². The molecule has 30 heavy (non-hydrogen) atoms. The molecule has 3 heterocycles. The van der Waals surface area contributed by atoms with Crippen LogP contribution >= 0.6 is 11.3 Å². The number of carbonyl (C=O) groups is 1. The predicted molar refractivity (Wildman–Crippen MR) is 121 cm³/mol. The summed E-state index contributed by atoms with van der Waals surface area (Å²) in [5.74, 6) is 0.861. The molecule has 4 rings (SSSR count). The number of carbonyl (C=O) groups excluding carboxylic acids is 1. The Kier molecular flexibility index (Phi) is 6.50. The van der Waals surface area contributed by atoms with Gasteiger partial charge in [0.15, 0.2) is 0 Å². The van der Waals surface area contributed by atoms with Gasteiger partial charge in [-0.1, -0.05) is 41.6 Å². The summed E-state index contributed by atoms with van der Waals surface area (Å²) in [5, 5.41) is 6.39. The Bertz CT molecular complexity index is 947. The third kappa shape index (κ3) is 4.57. The van der Waals surface area contributed by atoms with Crippen LogP contribution in [0.4, 0.5) is 5.88 Å². The van der Waals surface area contributed by atoms with Crippen LogP contribution < -0.4 is 4.90 Å². The van der Waals surface area contributed by atoms with Crippen molar-refractivity contribution >= 4 is 23.1 Å². The van der Waals surface area contributed by atoms with E-state index in [-0.39, 0.29) is 5.91 Å². The lowest BCUT2D eigenvalue weighted by Crippen LogP contribution is -2.36. The molecule has 2 aromatic heterocycles. The van der Waals surface area contributed by atoms with Gasteiger partial charge in [-0.3, -0.25) is 4.79 Å². The highest BCUT2D eigenvalue weighted by atomic mass is 32.1. The topological polar surface area (TPSA) is 52.8 Å². The van der Waals surface area contributed by atoms with Crippen LogP contribution in [0, 0.1) is 0 Å². The average molecular weight is 425 g/mol. The van der Waals surface area contributed by atoms with Crippen LogP contribution in [-0.2, 0) is 6.54 Å². The molecule has 6 nitrogen and oxygen atoms in total. The molecule has 0 bridgehead atoms. The number of benzene rings is 1. The number of nitrogens with zero attached hydrogens (tertiary/aromatic N) is 4. The van der Waals surface area contributed by atoms with Gasteiger partial charge in [-0.05, 0) is 38.4 Å². The monoisotopic (exact) mass is 424 g/mol. The van der Waals surface area contributed by atoms with E-state index in [1.54, 1.807) is 0 Å². The molecular formula is C23H28N4O2S. The van der Waals surface area contributed by atoms with Crippen molar-refractivity contribution < 1.29 is 9.32 Å². The van der Waals surface area contributed by atoms with Gasteiger partial charge < -0.3 is 19.2 Å². The van der Waals surface area contributed by atoms with Gasteiger partial charge in [-0.2, -0.15) is 0 Å². The van der Waals surface area contributed by atoms with Gasteiger partial charge in [0, 0.05) is 31.7 Å². The molecule has 1 aliphatic rings. The summed E-state index contributed by atoms with van der Waals surface area (Å²) >= 11 is 1.48. The van der Waals surface area contributed by atoms with E-state index in [9.17, 15) is 4.79 Å². The summed E-state index contributed by atoms with van der Waals surface area (Å²) in [6.45, 7) is 3.84. The maximum atomic E-state index is 13.3. The third-order valence-corrected chi connectivity index (χ3v) is 6.25. The van der Waals surface area contributed by atoms with Crippen LogP contribution in [0.1, 0.15) is 28.1 Å². The Morgan fingerprint density at radius 2 is 1.87 bits per heavy atom. The van der Waals surface area contributed by atoms with E-state index in [4.69, 9.17) is 4.52 Å². The standard InChI is InChI=1S/C23H28N4O2S/c1-25(2)14-15-27(22(28)20-11-8-16-30-20)17-19-21(18-9-4-3-5-10-18)24-29-23(19)26-12-6-7-13-26/h3-5,8-11,16H,6-7,12-15,17H2,1-2H3. The maximum Gasteiger partial charge on any atom is 0.264 e. The lowest BCUT2D eigenvalue weighted by Gasteiger charge is -2.25. The van der Waals surface area contributed by atoms with Crippen molar-refractivity contribution in [1.82, 2.24) is 15.0 Å². The number of aromatic nitrogens is 1. The average Bonchev–Trinajstić information content (AvgIpc) is 3.52. The highest BCUT2D eigenvalue weighted by Crippen LogP contribution is 2.34. The fourth-order valence-corrected chi connectivity index (χ4v) is 4.45. The summed E-state index contributed by atoms with van der Waals surface area (Å²) in [6.07, 6.45) is 2.30. The van der Waals surface area contributed by atoms with E-state index in [1.165, 1.54) is 11.3 Å². The Morgan fingerprint density at radius 3 is 2.53 bits per heavy atom. The van der Waals surface area contributed by atoms with Crippen molar-refractivity contribution in [3.63, 3.8) is 0 Å². The number of hydrogen-bond acceptors (Lipinski definition) is 6. The molecule has 1 aliphatic heterocycles. The fourth-order valence-electron chi connectivity index (χ4n) is 3.75. The van der Waals surface area contributed by atoms with Crippen molar-refractivity contribution in [2.24, 2.45) is 0 Å². The molecule has 0 spiro atoms. The van der Waals surface area contributed by atoms with Crippen molar-refractivity contribution in [2.45, 2.75) is 19.4 Å². The number of anilines is 1. The van der Waals surface area contributed by atoms with Crippen LogP contribution in [0.2, 0.25) is 0 Å². The van der Waals surface area contributed by atoms with E-state index in [0.29, 0.717) is 13.1 Å². The van der Waals surface area contributed by atoms with Crippen LogP contribution in [0.3, 0.4) is 0 Å². The van der Waals surface area contributed by atoms with Gasteiger partial charge in [0.05, 0.1) is 17.0 Å². The first-order valence-corrected chi connectivity index (χ1v) is 11.3. The van der Waals surface area contributed by atoms with E-state index in [1.807, 2.05) is 66.8 Å². The number of hydrogen-bond donors (Lipinski definition) is 0. The normalized spacial score (nSPS) is 13.9. The summed E-state index contributed by atoms with van der Waals surface area (Å²) in [7, 11) is 4.05. The fraction of sp³-hybridized carbons (Fsp3) is 0.391. The largest absolute Gasteiger partial charge is 0.340 e. The van der Waals surface area contributed by atoms with E-state index < -0.39 is 0 Å². The number of amides is 1. The minimum atomic E-state index is 0.0550. The van der Waals surface area contributed by atoms with Crippen molar-refractivity contribution in [2.75, 3.05) is 45.2 Å². The summed E-state index contributed by atoms with van der Waals surface area (Å²) in [4.78, 5) is 20.3. The van der Waals surface area contributed by atoms with Crippen LogP contribution in [0.25, 0.3) is 11.3 Å². The lowest BCUT2D eigenvalue weighted by atomic mass is 10.1. The Labute approximate surface area is 181 Å². The highest BCUT2D eigenvalue weighted by molar-refractivity contribution is 7.12. The maximum absolute atomic E-state index is 13.3. The Morgan fingerprint density at radius 1 is 1.10 bits per heavy atom. The SMILES string of the molecule is CN(C)CCN(Cc1c(-c2ccccc2)noc1N1CCCC1)C(=O)c1cccs1. The zero-order valence-corrected chi connectivity index (χ0v) is 18.4. The third-order valence-electron chi connectivity index (χ3n) is 5.39. The van der Waals surface area contributed by atoms with Crippen LogP contribution in [0.15, 0.2) is 52.4 Å². The molecule has 7 heteroatoms. The summed E-state index contributed by atoms with van der Waals surface area (Å²) in [5.41, 5.74) is 2.83. The van der Waals surface area contributed by atoms with E-state index in [0.717, 1.165) is 60.1 Å². The van der Waals surface area contributed by atoms with Crippen molar-refractivity contribution in [3.8, 4) is 11.3 Å². The minimum absolute atomic E-state index is 0.0550. The van der Waals surface area contributed by atoms with Crippen LogP contribution in [0.5, 0.6) is 0 Å². The predicted octanol–water partition coefficient (Wildman–Crippen LogP) is 4.21. The molecule has 0 saturated carbocycles. The second-order valence-corrected chi connectivity index (χ2v) is 8.83. The second-order valence-electron chi connectivity index (χ2n) is 7.88. The molecule has 1 amide bonds. The quantitative estimate of drug-likeness (QED) is 0.542. The summed E-state index contributed by atoms with van der Waals surface area (Å²) in [6, 6.07) is 13.9. The first kappa shape index (κ1) is 20.6. The van der Waals surface area contributed by atoms with Crippen molar-refractivity contribution in [3.05, 3.63) is 58.3 Å². The molecule has 0 unspecified atom stereocenters. The molecule has 1 saturated heterocycles. The lowest BCUT2D eigenvalue weighted by molar-refractivity contribution is 0.0737.